The molecule has 0 atom stereocenters. The van der Waals surface area contributed by atoms with Gasteiger partial charge in [-0.1, -0.05) is 11.6 Å². The summed E-state index contributed by atoms with van der Waals surface area (Å²) in [6.07, 6.45) is -3.02. The predicted octanol–water partition coefficient (Wildman–Crippen LogP) is 1.83. The van der Waals surface area contributed by atoms with Crippen LogP contribution in [0.2, 0.25) is 5.15 Å². The second-order valence-electron chi connectivity index (χ2n) is 3.14. The van der Waals surface area contributed by atoms with Crippen LogP contribution in [-0.2, 0) is 4.79 Å². The number of pyridine rings is 1. The summed E-state index contributed by atoms with van der Waals surface area (Å²) in [4.78, 5) is 14.9. The Balaban J connectivity index is 2.32. The molecule has 17 heavy (non-hydrogen) atoms. The Kier molecular flexibility index (Phi) is 4.71. The molecule has 4 nitrogen and oxygen atoms in total. The maximum Gasteiger partial charge on any atom is 0.401 e. The summed E-state index contributed by atoms with van der Waals surface area (Å²) >= 11 is 5.52. The van der Waals surface area contributed by atoms with Crippen molar-refractivity contribution in [3.05, 3.63) is 23.5 Å². The molecule has 0 aromatic carbocycles. The van der Waals surface area contributed by atoms with E-state index in [1.165, 1.54) is 18.3 Å². The van der Waals surface area contributed by atoms with Gasteiger partial charge >= 0.3 is 6.18 Å². The van der Waals surface area contributed by atoms with Gasteiger partial charge in [0.25, 0.3) is 0 Å². The van der Waals surface area contributed by atoms with Gasteiger partial charge in [0.05, 0.1) is 25.0 Å². The fourth-order valence-corrected chi connectivity index (χ4v) is 1.08. The average molecular weight is 268 g/mol. The molecule has 1 heterocycles. The zero-order valence-electron chi connectivity index (χ0n) is 8.51. The summed E-state index contributed by atoms with van der Waals surface area (Å²) in [5.41, 5.74) is 0.369. The van der Waals surface area contributed by atoms with Gasteiger partial charge in [0, 0.05) is 0 Å². The van der Waals surface area contributed by atoms with E-state index in [0.29, 0.717) is 5.69 Å². The molecule has 0 unspecified atom stereocenters. The Morgan fingerprint density at radius 1 is 1.41 bits per heavy atom. The number of nitrogens with zero attached hydrogens (tertiary/aromatic N) is 1. The first-order chi connectivity index (χ1) is 7.87. The van der Waals surface area contributed by atoms with Crippen molar-refractivity contribution in [2.45, 2.75) is 6.18 Å². The van der Waals surface area contributed by atoms with E-state index in [9.17, 15) is 18.0 Å². The lowest BCUT2D eigenvalue weighted by Crippen LogP contribution is -2.35. The van der Waals surface area contributed by atoms with Crippen LogP contribution in [0.4, 0.5) is 18.9 Å². The summed E-state index contributed by atoms with van der Waals surface area (Å²) in [5.74, 6) is -0.585. The van der Waals surface area contributed by atoms with E-state index >= 15 is 0 Å². The molecule has 94 valence electrons. The molecule has 2 N–H and O–H groups in total. The van der Waals surface area contributed by atoms with Crippen LogP contribution in [0.3, 0.4) is 0 Å². The number of amides is 1. The number of aromatic nitrogens is 1. The molecule has 0 spiro atoms. The third kappa shape index (κ3) is 6.08. The Hall–Kier alpha value is -1.34. The van der Waals surface area contributed by atoms with Crippen LogP contribution in [0, 0.1) is 0 Å². The van der Waals surface area contributed by atoms with E-state index in [1.807, 2.05) is 5.32 Å². The SMILES string of the molecule is O=C(CNCC(F)(F)F)Nc1ccc(Cl)nc1. The van der Waals surface area contributed by atoms with Crippen molar-refractivity contribution in [3.8, 4) is 0 Å². The maximum absolute atomic E-state index is 11.8. The Morgan fingerprint density at radius 3 is 2.65 bits per heavy atom. The highest BCUT2D eigenvalue weighted by molar-refractivity contribution is 6.29. The van der Waals surface area contributed by atoms with E-state index in [1.54, 1.807) is 0 Å². The van der Waals surface area contributed by atoms with E-state index in [4.69, 9.17) is 11.6 Å². The van der Waals surface area contributed by atoms with Crippen molar-refractivity contribution in [1.29, 1.82) is 0 Å². The van der Waals surface area contributed by atoms with Crippen LogP contribution in [0.15, 0.2) is 18.3 Å². The Labute approximate surface area is 100 Å². The van der Waals surface area contributed by atoms with E-state index in [-0.39, 0.29) is 5.15 Å². The third-order valence-corrected chi connectivity index (χ3v) is 1.85. The molecule has 1 aromatic rings. The summed E-state index contributed by atoms with van der Waals surface area (Å²) < 4.78 is 35.3. The van der Waals surface area contributed by atoms with Crippen molar-refractivity contribution in [3.63, 3.8) is 0 Å². The van der Waals surface area contributed by atoms with Crippen LogP contribution >= 0.6 is 11.6 Å². The van der Waals surface area contributed by atoms with Gasteiger partial charge in [-0.3, -0.25) is 4.79 Å². The minimum Gasteiger partial charge on any atom is -0.324 e. The van der Waals surface area contributed by atoms with Crippen molar-refractivity contribution >= 4 is 23.2 Å². The number of halogens is 4. The van der Waals surface area contributed by atoms with Gasteiger partial charge in [-0.25, -0.2) is 4.98 Å². The smallest absolute Gasteiger partial charge is 0.324 e. The summed E-state index contributed by atoms with van der Waals surface area (Å²) in [7, 11) is 0. The summed E-state index contributed by atoms with van der Waals surface area (Å²) in [6, 6.07) is 2.96. The van der Waals surface area contributed by atoms with Gasteiger partial charge < -0.3 is 10.6 Å². The Morgan fingerprint density at radius 2 is 2.12 bits per heavy atom. The molecule has 8 heteroatoms. The largest absolute Gasteiger partial charge is 0.401 e. The molecule has 0 radical (unpaired) electrons. The van der Waals surface area contributed by atoms with Crippen LogP contribution in [0.5, 0.6) is 0 Å². The molecular weight excluding hydrogens is 259 g/mol. The number of carbonyl (C=O) groups is 1. The van der Waals surface area contributed by atoms with Crippen LogP contribution in [0.1, 0.15) is 0 Å². The normalized spacial score (nSPS) is 11.3. The zero-order valence-corrected chi connectivity index (χ0v) is 9.27. The number of hydrogen-bond acceptors (Lipinski definition) is 3. The lowest BCUT2D eigenvalue weighted by Gasteiger charge is -2.08. The van der Waals surface area contributed by atoms with Crippen molar-refractivity contribution in [2.75, 3.05) is 18.4 Å². The average Bonchev–Trinajstić information content (AvgIpc) is 2.19. The number of alkyl halides is 3. The van der Waals surface area contributed by atoms with Gasteiger partial charge in [0.2, 0.25) is 5.91 Å². The highest BCUT2D eigenvalue weighted by Crippen LogP contribution is 2.12. The van der Waals surface area contributed by atoms with E-state index < -0.39 is 25.2 Å². The van der Waals surface area contributed by atoms with Crippen LogP contribution in [-0.4, -0.2) is 30.2 Å². The highest BCUT2D eigenvalue weighted by atomic mass is 35.5. The first-order valence-electron chi connectivity index (χ1n) is 4.56. The molecule has 0 bridgehead atoms. The molecule has 1 amide bonds. The van der Waals surface area contributed by atoms with E-state index in [0.717, 1.165) is 0 Å². The first-order valence-corrected chi connectivity index (χ1v) is 4.93. The van der Waals surface area contributed by atoms with Crippen molar-refractivity contribution < 1.29 is 18.0 Å². The fourth-order valence-electron chi connectivity index (χ4n) is 0.973. The summed E-state index contributed by atoms with van der Waals surface area (Å²) in [5, 5.41) is 4.60. The standard InChI is InChI=1S/C9H9ClF3N3O/c10-7-2-1-6(3-15-7)16-8(17)4-14-5-9(11,12)13/h1-3,14H,4-5H2,(H,16,17). The topological polar surface area (TPSA) is 54.0 Å². The van der Waals surface area contributed by atoms with Crippen LogP contribution in [0.25, 0.3) is 0 Å². The molecule has 0 aliphatic heterocycles. The third-order valence-electron chi connectivity index (χ3n) is 1.62. The van der Waals surface area contributed by atoms with Gasteiger partial charge in [-0.05, 0) is 12.1 Å². The second-order valence-corrected chi connectivity index (χ2v) is 3.52. The minimum atomic E-state index is -4.33. The second kappa shape index (κ2) is 5.83. The number of hydrogen-bond donors (Lipinski definition) is 2. The number of carbonyl (C=O) groups excluding carboxylic acids is 1. The van der Waals surface area contributed by atoms with Crippen molar-refractivity contribution in [2.24, 2.45) is 0 Å². The quantitative estimate of drug-likeness (QED) is 0.819. The molecule has 0 saturated carbocycles. The number of anilines is 1. The lowest BCUT2D eigenvalue weighted by atomic mass is 10.4. The molecule has 0 fully saturated rings. The molecular formula is C9H9ClF3N3O. The minimum absolute atomic E-state index is 0.262. The molecule has 1 rings (SSSR count). The molecule has 0 saturated heterocycles. The first kappa shape index (κ1) is 13.7. The zero-order chi connectivity index (χ0) is 12.9. The number of rotatable bonds is 4. The summed E-state index contributed by atoms with van der Waals surface area (Å²) in [6.45, 7) is -1.64. The Bertz CT molecular complexity index is 380. The fraction of sp³-hybridized carbons (Fsp3) is 0.333. The molecule has 1 aromatic heterocycles. The van der Waals surface area contributed by atoms with Gasteiger partial charge in [0.1, 0.15) is 5.15 Å². The van der Waals surface area contributed by atoms with Crippen molar-refractivity contribution in [1.82, 2.24) is 10.3 Å². The van der Waals surface area contributed by atoms with Crippen LogP contribution < -0.4 is 10.6 Å². The molecule has 0 aliphatic carbocycles. The highest BCUT2D eigenvalue weighted by Gasteiger charge is 2.26. The monoisotopic (exact) mass is 267 g/mol. The lowest BCUT2D eigenvalue weighted by molar-refractivity contribution is -0.126. The van der Waals surface area contributed by atoms with Gasteiger partial charge in [-0.15, -0.1) is 0 Å². The predicted molar refractivity (Wildman–Crippen MR) is 56.8 cm³/mol. The molecule has 0 aliphatic rings. The maximum atomic E-state index is 11.8. The van der Waals surface area contributed by atoms with E-state index in [2.05, 4.69) is 10.3 Å². The van der Waals surface area contributed by atoms with Gasteiger partial charge in [0.15, 0.2) is 0 Å². The number of nitrogens with one attached hydrogen (secondary N) is 2. The van der Waals surface area contributed by atoms with Gasteiger partial charge in [-0.2, -0.15) is 13.2 Å².